The number of nitrogens with two attached hydrogens (primary N) is 2. The Hall–Kier alpha value is -1.83. The van der Waals surface area contributed by atoms with Gasteiger partial charge in [-0.05, 0) is 0 Å². The number of ether oxygens (including phenoxy) is 1. The number of hydrogen-bond acceptors (Lipinski definition) is 10. The van der Waals surface area contributed by atoms with E-state index in [1.807, 2.05) is 0 Å². The largest absolute Gasteiger partial charge is 0.466 e. The number of amides is 2. The van der Waals surface area contributed by atoms with Gasteiger partial charge in [-0.25, -0.2) is 9.59 Å². The molecule has 0 rings (SSSR count). The second kappa shape index (κ2) is 7.98. The first kappa shape index (κ1) is 20.2. The van der Waals surface area contributed by atoms with Gasteiger partial charge in [-0.1, -0.05) is 0 Å². The van der Waals surface area contributed by atoms with Crippen LogP contribution in [0.3, 0.4) is 0 Å². The van der Waals surface area contributed by atoms with E-state index in [4.69, 9.17) is 21.7 Å². The number of aliphatic hydroxyl groups is 5. The van der Waals surface area contributed by atoms with Crippen LogP contribution in [0.4, 0.5) is 4.79 Å². The molecule has 2 amide bonds. The predicted molar refractivity (Wildman–Crippen MR) is 67.8 cm³/mol. The maximum Gasteiger partial charge on any atom is 0.354 e. The number of primary amides is 1. The van der Waals surface area contributed by atoms with Crippen molar-refractivity contribution in [2.45, 2.75) is 30.1 Å². The molecule has 22 heavy (non-hydrogen) atoms. The van der Waals surface area contributed by atoms with Crippen molar-refractivity contribution in [3.05, 3.63) is 0 Å². The van der Waals surface area contributed by atoms with Crippen molar-refractivity contribution < 1.29 is 44.7 Å². The summed E-state index contributed by atoms with van der Waals surface area (Å²) in [6.45, 7) is -0.983. The highest BCUT2D eigenvalue weighted by Gasteiger charge is 2.50. The lowest BCUT2D eigenvalue weighted by atomic mass is 9.93. The summed E-state index contributed by atoms with van der Waals surface area (Å²) in [5.41, 5.74) is 7.18. The predicted octanol–water partition coefficient (Wildman–Crippen LogP) is -5.51. The molecule has 0 aliphatic rings. The Morgan fingerprint density at radius 2 is 1.68 bits per heavy atom. The minimum Gasteiger partial charge on any atom is -0.466 e. The molecule has 0 aromatic carbocycles. The molecular weight excluding hydrogens is 306 g/mol. The molecule has 0 aliphatic heterocycles. The fraction of sp³-hybridized carbons (Fsp3) is 0.700. The van der Waals surface area contributed by atoms with Gasteiger partial charge < -0.3 is 41.3 Å². The van der Waals surface area contributed by atoms with Crippen molar-refractivity contribution in [1.82, 2.24) is 5.32 Å². The second-order valence-electron chi connectivity index (χ2n) is 4.33. The van der Waals surface area contributed by atoms with Crippen LogP contribution in [-0.4, -0.2) is 87.1 Å². The summed E-state index contributed by atoms with van der Waals surface area (Å²) in [5.74, 6) is -3.16. The molecule has 128 valence electrons. The lowest BCUT2D eigenvalue weighted by Crippen LogP contribution is -2.71. The maximum absolute atomic E-state index is 12.0. The van der Waals surface area contributed by atoms with Gasteiger partial charge in [-0.3, -0.25) is 10.5 Å². The fourth-order valence-corrected chi connectivity index (χ4v) is 1.48. The molecule has 0 aliphatic carbocycles. The molecule has 0 heterocycles. The molecule has 12 nitrogen and oxygen atoms in total. The smallest absolute Gasteiger partial charge is 0.354 e. The van der Waals surface area contributed by atoms with Crippen molar-refractivity contribution in [3.63, 3.8) is 0 Å². The second-order valence-corrected chi connectivity index (χ2v) is 4.33. The van der Waals surface area contributed by atoms with E-state index in [1.165, 1.54) is 0 Å². The molecule has 12 heteroatoms. The first-order valence-electron chi connectivity index (χ1n) is 5.85. The highest BCUT2D eigenvalue weighted by molar-refractivity contribution is 6.11. The lowest BCUT2D eigenvalue weighted by Gasteiger charge is -2.31. The van der Waals surface area contributed by atoms with Gasteiger partial charge in [0, 0.05) is 0 Å². The molecule has 0 bridgehead atoms. The monoisotopic (exact) mass is 325 g/mol. The number of Topliss-reactive ketones (excluding diaryl/α,β-unsaturated/α-hetero) is 1. The van der Waals surface area contributed by atoms with Crippen molar-refractivity contribution >= 4 is 17.8 Å². The van der Waals surface area contributed by atoms with E-state index in [2.05, 4.69) is 4.74 Å². The molecule has 0 aromatic heterocycles. The Bertz CT molecular complexity index is 432. The minimum absolute atomic E-state index is 0.826. The Labute approximate surface area is 124 Å². The molecule has 10 N–H and O–H groups in total. The number of aliphatic hydroxyl groups excluding tert-OH is 5. The molecule has 0 saturated carbocycles. The number of ketones is 1. The standard InChI is InChI=1S/C10H19N3O9/c1-22-8(20)10(12,13-9(11)21)7(19)6(18)5(17)4(16)3(15)2-14/h3-6,14-18H,2,12H2,1H3,(H3,11,13,21)/t3-,4-,5+,6-,10?/m1/s1. The normalized spacial score (nSPS) is 19.2. The maximum atomic E-state index is 12.0. The van der Waals surface area contributed by atoms with Gasteiger partial charge in [0.25, 0.3) is 5.66 Å². The van der Waals surface area contributed by atoms with Crippen molar-refractivity contribution in [3.8, 4) is 0 Å². The van der Waals surface area contributed by atoms with Crippen LogP contribution >= 0.6 is 0 Å². The summed E-state index contributed by atoms with van der Waals surface area (Å²) >= 11 is 0. The van der Waals surface area contributed by atoms with Gasteiger partial charge in [-0.2, -0.15) is 0 Å². The number of urea groups is 1. The van der Waals surface area contributed by atoms with Gasteiger partial charge in [0.15, 0.2) is 0 Å². The number of esters is 1. The summed E-state index contributed by atoms with van der Waals surface area (Å²) in [6, 6.07) is -1.40. The van der Waals surface area contributed by atoms with Gasteiger partial charge in [0.05, 0.1) is 13.7 Å². The van der Waals surface area contributed by atoms with E-state index in [0.717, 1.165) is 7.11 Å². The summed E-state index contributed by atoms with van der Waals surface area (Å²) in [4.78, 5) is 34.3. The van der Waals surface area contributed by atoms with E-state index in [9.17, 15) is 29.7 Å². The molecule has 0 radical (unpaired) electrons. The zero-order valence-electron chi connectivity index (χ0n) is 11.5. The molecule has 1 unspecified atom stereocenters. The minimum atomic E-state index is -2.93. The summed E-state index contributed by atoms with van der Waals surface area (Å²) < 4.78 is 4.20. The number of hydrogen-bond donors (Lipinski definition) is 8. The Morgan fingerprint density at radius 1 is 1.18 bits per heavy atom. The van der Waals surface area contributed by atoms with E-state index in [0.29, 0.717) is 0 Å². The Balaban J connectivity index is 5.39. The number of carbonyl (C=O) groups is 3. The molecule has 0 spiro atoms. The number of methoxy groups -OCH3 is 1. The van der Waals surface area contributed by atoms with Gasteiger partial charge in [0.1, 0.15) is 24.4 Å². The zero-order chi connectivity index (χ0) is 17.7. The van der Waals surface area contributed by atoms with Gasteiger partial charge in [-0.15, -0.1) is 0 Å². The Morgan fingerprint density at radius 3 is 2.05 bits per heavy atom. The number of nitrogens with one attached hydrogen (secondary N) is 1. The zero-order valence-corrected chi connectivity index (χ0v) is 11.5. The number of rotatable bonds is 8. The van der Waals surface area contributed by atoms with Crippen LogP contribution in [0.2, 0.25) is 0 Å². The van der Waals surface area contributed by atoms with E-state index < -0.39 is 54.5 Å². The third-order valence-corrected chi connectivity index (χ3v) is 2.74. The van der Waals surface area contributed by atoms with Gasteiger partial charge in [0.2, 0.25) is 5.78 Å². The average Bonchev–Trinajstić information content (AvgIpc) is 2.49. The van der Waals surface area contributed by atoms with Crippen LogP contribution in [-0.2, 0) is 14.3 Å². The fourth-order valence-electron chi connectivity index (χ4n) is 1.48. The molecule has 0 saturated heterocycles. The SMILES string of the molecule is COC(=O)C(N)(NC(N)=O)C(=O)[C@H](O)[C@@H](O)[C@H](O)[C@H](O)CO. The van der Waals surface area contributed by atoms with E-state index >= 15 is 0 Å². The van der Waals surface area contributed by atoms with E-state index in [-0.39, 0.29) is 0 Å². The van der Waals surface area contributed by atoms with Crippen LogP contribution in [0.15, 0.2) is 0 Å². The van der Waals surface area contributed by atoms with Gasteiger partial charge >= 0.3 is 12.0 Å². The average molecular weight is 325 g/mol. The summed E-state index contributed by atoms with van der Waals surface area (Å²) in [7, 11) is 0.826. The highest BCUT2D eigenvalue weighted by Crippen LogP contribution is 2.12. The third kappa shape index (κ3) is 4.33. The van der Waals surface area contributed by atoms with Crippen LogP contribution in [0, 0.1) is 0 Å². The first-order valence-corrected chi connectivity index (χ1v) is 5.85. The van der Waals surface area contributed by atoms with Crippen molar-refractivity contribution in [2.24, 2.45) is 11.5 Å². The molecular formula is C10H19N3O9. The van der Waals surface area contributed by atoms with Crippen LogP contribution in [0.5, 0.6) is 0 Å². The lowest BCUT2D eigenvalue weighted by molar-refractivity contribution is -0.163. The molecule has 5 atom stereocenters. The summed E-state index contributed by atoms with van der Waals surface area (Å²) in [5, 5.41) is 47.9. The van der Waals surface area contributed by atoms with Crippen molar-refractivity contribution in [2.75, 3.05) is 13.7 Å². The van der Waals surface area contributed by atoms with Crippen molar-refractivity contribution in [1.29, 1.82) is 0 Å². The quantitative estimate of drug-likeness (QED) is 0.120. The third-order valence-electron chi connectivity index (χ3n) is 2.74. The van der Waals surface area contributed by atoms with Crippen LogP contribution in [0.25, 0.3) is 0 Å². The topological polar surface area (TPSA) is 226 Å². The van der Waals surface area contributed by atoms with Crippen LogP contribution in [0.1, 0.15) is 0 Å². The van der Waals surface area contributed by atoms with E-state index in [1.54, 1.807) is 5.32 Å². The highest BCUT2D eigenvalue weighted by atomic mass is 16.5. The number of carbonyl (C=O) groups excluding carboxylic acids is 3. The molecule has 0 fully saturated rings. The Kier molecular flexibility index (Phi) is 7.31. The molecule has 0 aromatic rings. The summed E-state index contributed by atoms with van der Waals surface area (Å²) in [6.07, 6.45) is -8.85. The van der Waals surface area contributed by atoms with Crippen LogP contribution < -0.4 is 16.8 Å². The first-order chi connectivity index (χ1) is 10.0.